The van der Waals surface area contributed by atoms with Gasteiger partial charge in [-0.1, -0.05) is 31.0 Å². The Hall–Kier alpha value is -1.77. The maximum Gasteiger partial charge on any atom is 0.224 e. The van der Waals surface area contributed by atoms with Gasteiger partial charge in [0.1, 0.15) is 0 Å². The van der Waals surface area contributed by atoms with Gasteiger partial charge < -0.3 is 9.88 Å². The molecule has 1 saturated carbocycles. The molecular formula is C17H22N2O. The van der Waals surface area contributed by atoms with Crippen LogP contribution in [0.1, 0.15) is 36.9 Å². The van der Waals surface area contributed by atoms with E-state index in [2.05, 4.69) is 36.0 Å². The number of amides is 1. The topological polar surface area (TPSA) is 34.0 Å². The minimum atomic E-state index is 0.163. The largest absolute Gasteiger partial charge is 0.353 e. The highest BCUT2D eigenvalue weighted by Crippen LogP contribution is 2.25. The summed E-state index contributed by atoms with van der Waals surface area (Å²) in [7, 11) is 2.07. The summed E-state index contributed by atoms with van der Waals surface area (Å²) in [5.74, 6) is 0.163. The van der Waals surface area contributed by atoms with Crippen molar-refractivity contribution >= 4 is 16.8 Å². The van der Waals surface area contributed by atoms with E-state index in [1.54, 1.807) is 0 Å². The Bertz CT molecular complexity index is 636. The molecule has 1 aliphatic carbocycles. The predicted molar refractivity (Wildman–Crippen MR) is 81.8 cm³/mol. The lowest BCUT2D eigenvalue weighted by atomic mass is 10.1. The number of carbonyl (C=O) groups excluding carboxylic acids is 1. The summed E-state index contributed by atoms with van der Waals surface area (Å²) < 4.78 is 2.17. The van der Waals surface area contributed by atoms with E-state index in [0.717, 1.165) is 12.8 Å². The van der Waals surface area contributed by atoms with Gasteiger partial charge >= 0.3 is 0 Å². The van der Waals surface area contributed by atoms with E-state index in [0.29, 0.717) is 12.5 Å². The van der Waals surface area contributed by atoms with Crippen molar-refractivity contribution in [3.05, 3.63) is 35.5 Å². The Labute approximate surface area is 120 Å². The van der Waals surface area contributed by atoms with Gasteiger partial charge in [0.15, 0.2) is 0 Å². The van der Waals surface area contributed by atoms with Crippen molar-refractivity contribution in [3.8, 4) is 0 Å². The first-order valence-corrected chi connectivity index (χ1v) is 7.49. The molecular weight excluding hydrogens is 248 g/mol. The Kier molecular flexibility index (Phi) is 3.51. The number of hydrogen-bond acceptors (Lipinski definition) is 1. The first-order valence-electron chi connectivity index (χ1n) is 7.49. The molecule has 0 spiro atoms. The van der Waals surface area contributed by atoms with Crippen molar-refractivity contribution in [1.29, 1.82) is 0 Å². The fourth-order valence-corrected chi connectivity index (χ4v) is 3.33. The van der Waals surface area contributed by atoms with Gasteiger partial charge in [0, 0.05) is 29.7 Å². The third-order valence-electron chi connectivity index (χ3n) is 4.59. The Morgan fingerprint density at radius 1 is 1.30 bits per heavy atom. The highest BCUT2D eigenvalue weighted by molar-refractivity contribution is 5.90. The lowest BCUT2D eigenvalue weighted by molar-refractivity contribution is -0.121. The summed E-state index contributed by atoms with van der Waals surface area (Å²) >= 11 is 0. The summed E-state index contributed by atoms with van der Waals surface area (Å²) in [4.78, 5) is 12.3. The highest BCUT2D eigenvalue weighted by atomic mass is 16.1. The molecule has 1 fully saturated rings. The van der Waals surface area contributed by atoms with Crippen LogP contribution in [0.2, 0.25) is 0 Å². The molecule has 0 bridgehead atoms. The van der Waals surface area contributed by atoms with Crippen LogP contribution >= 0.6 is 0 Å². The predicted octanol–water partition coefficient (Wildman–Crippen LogP) is 3.09. The highest BCUT2D eigenvalue weighted by Gasteiger charge is 2.19. The molecule has 1 aliphatic rings. The molecule has 1 N–H and O–H groups in total. The summed E-state index contributed by atoms with van der Waals surface area (Å²) in [6.45, 7) is 2.10. The van der Waals surface area contributed by atoms with Crippen LogP contribution in [-0.4, -0.2) is 16.5 Å². The number of aromatic nitrogens is 1. The second-order valence-corrected chi connectivity index (χ2v) is 5.87. The molecule has 0 unspecified atom stereocenters. The average molecular weight is 270 g/mol. The fourth-order valence-electron chi connectivity index (χ4n) is 3.33. The number of para-hydroxylation sites is 1. The van der Waals surface area contributed by atoms with Gasteiger partial charge in [0.25, 0.3) is 0 Å². The number of aryl methyl sites for hydroxylation is 1. The zero-order chi connectivity index (χ0) is 14.1. The quantitative estimate of drug-likeness (QED) is 0.913. The molecule has 3 nitrogen and oxygen atoms in total. The van der Waals surface area contributed by atoms with Crippen molar-refractivity contribution in [2.75, 3.05) is 0 Å². The number of carbonyl (C=O) groups is 1. The number of rotatable bonds is 3. The van der Waals surface area contributed by atoms with Crippen molar-refractivity contribution in [2.24, 2.45) is 7.05 Å². The standard InChI is InChI=1S/C17H22N2O/c1-12-15(11-17(20)18-13-7-3-4-8-13)14-9-5-6-10-16(14)19(12)2/h5-6,9-10,13H,3-4,7-8,11H2,1-2H3,(H,18,20). The van der Waals surface area contributed by atoms with Gasteiger partial charge in [0.2, 0.25) is 5.91 Å². The van der Waals surface area contributed by atoms with E-state index in [-0.39, 0.29) is 5.91 Å². The van der Waals surface area contributed by atoms with Crippen molar-refractivity contribution in [2.45, 2.75) is 45.1 Å². The molecule has 1 aromatic carbocycles. The van der Waals surface area contributed by atoms with Crippen LogP contribution < -0.4 is 5.32 Å². The normalized spacial score (nSPS) is 15.9. The number of hydrogen-bond donors (Lipinski definition) is 1. The Morgan fingerprint density at radius 3 is 2.75 bits per heavy atom. The smallest absolute Gasteiger partial charge is 0.224 e. The zero-order valence-corrected chi connectivity index (χ0v) is 12.3. The van der Waals surface area contributed by atoms with Crippen molar-refractivity contribution in [1.82, 2.24) is 9.88 Å². The van der Waals surface area contributed by atoms with Gasteiger partial charge in [-0.2, -0.15) is 0 Å². The molecule has 106 valence electrons. The molecule has 0 atom stereocenters. The van der Waals surface area contributed by atoms with Gasteiger partial charge in [-0.3, -0.25) is 4.79 Å². The van der Waals surface area contributed by atoms with Crippen molar-refractivity contribution < 1.29 is 4.79 Å². The summed E-state index contributed by atoms with van der Waals surface area (Å²) in [5, 5.41) is 4.38. The third kappa shape index (κ3) is 2.33. The molecule has 1 amide bonds. The molecule has 3 heteroatoms. The third-order valence-corrected chi connectivity index (χ3v) is 4.59. The van der Waals surface area contributed by atoms with E-state index in [1.807, 2.05) is 12.1 Å². The van der Waals surface area contributed by atoms with Gasteiger partial charge in [-0.05, 0) is 31.4 Å². The molecule has 0 aliphatic heterocycles. The van der Waals surface area contributed by atoms with E-state index in [9.17, 15) is 4.79 Å². The van der Waals surface area contributed by atoms with Gasteiger partial charge in [-0.25, -0.2) is 0 Å². The minimum absolute atomic E-state index is 0.163. The summed E-state index contributed by atoms with van der Waals surface area (Å²) in [5.41, 5.74) is 3.56. The maximum absolute atomic E-state index is 12.3. The second-order valence-electron chi connectivity index (χ2n) is 5.87. The average Bonchev–Trinajstić information content (AvgIpc) is 3.03. The van der Waals surface area contributed by atoms with Crippen LogP contribution in [-0.2, 0) is 18.3 Å². The van der Waals surface area contributed by atoms with E-state index in [1.165, 1.54) is 35.0 Å². The molecule has 1 aromatic heterocycles. The van der Waals surface area contributed by atoms with Crippen molar-refractivity contribution in [3.63, 3.8) is 0 Å². The van der Waals surface area contributed by atoms with E-state index >= 15 is 0 Å². The number of nitrogens with zero attached hydrogens (tertiary/aromatic N) is 1. The van der Waals surface area contributed by atoms with Crippen LogP contribution in [0.4, 0.5) is 0 Å². The number of benzene rings is 1. The van der Waals surface area contributed by atoms with Crippen LogP contribution in [0.3, 0.4) is 0 Å². The molecule has 1 heterocycles. The van der Waals surface area contributed by atoms with Crippen LogP contribution in [0.15, 0.2) is 24.3 Å². The number of fused-ring (bicyclic) bond motifs is 1. The fraction of sp³-hybridized carbons (Fsp3) is 0.471. The lowest BCUT2D eigenvalue weighted by Gasteiger charge is -2.12. The molecule has 2 aromatic rings. The van der Waals surface area contributed by atoms with Gasteiger partial charge in [0.05, 0.1) is 6.42 Å². The van der Waals surface area contributed by atoms with Crippen LogP contribution in [0, 0.1) is 6.92 Å². The molecule has 20 heavy (non-hydrogen) atoms. The second kappa shape index (κ2) is 5.31. The minimum Gasteiger partial charge on any atom is -0.353 e. The first kappa shape index (κ1) is 13.2. The first-order chi connectivity index (χ1) is 9.66. The summed E-state index contributed by atoms with van der Waals surface area (Å²) in [6.07, 6.45) is 5.26. The molecule has 3 rings (SSSR count). The lowest BCUT2D eigenvalue weighted by Crippen LogP contribution is -2.33. The number of nitrogens with one attached hydrogen (secondary N) is 1. The molecule has 0 saturated heterocycles. The van der Waals surface area contributed by atoms with Crippen LogP contribution in [0.5, 0.6) is 0 Å². The Balaban J connectivity index is 1.83. The maximum atomic E-state index is 12.3. The monoisotopic (exact) mass is 270 g/mol. The van der Waals surface area contributed by atoms with Gasteiger partial charge in [-0.15, -0.1) is 0 Å². The SMILES string of the molecule is Cc1c(CC(=O)NC2CCCC2)c2ccccc2n1C. The van der Waals surface area contributed by atoms with Crippen LogP contribution in [0.25, 0.3) is 10.9 Å². The van der Waals surface area contributed by atoms with E-state index < -0.39 is 0 Å². The zero-order valence-electron chi connectivity index (χ0n) is 12.3. The van der Waals surface area contributed by atoms with E-state index in [4.69, 9.17) is 0 Å². The Morgan fingerprint density at radius 2 is 2.00 bits per heavy atom. The summed E-state index contributed by atoms with van der Waals surface area (Å²) in [6, 6.07) is 8.71. The molecule has 0 radical (unpaired) electrons.